The van der Waals surface area contributed by atoms with Crippen LogP contribution in [-0.2, 0) is 11.3 Å². The molecule has 32 heavy (non-hydrogen) atoms. The fourth-order valence-electron chi connectivity index (χ4n) is 5.04. The van der Waals surface area contributed by atoms with Gasteiger partial charge in [0.1, 0.15) is 0 Å². The Bertz CT molecular complexity index is 880. The molecular formula is C26H36N4O2. The highest BCUT2D eigenvalue weighted by molar-refractivity contribution is 5.93. The third-order valence-corrected chi connectivity index (χ3v) is 6.44. The number of benzene rings is 2. The number of likely N-dealkylation sites (N-methyl/N-ethyl adjacent to an activating group) is 1. The molecule has 0 saturated carbocycles. The number of anilines is 2. The molecule has 2 aromatic rings. The van der Waals surface area contributed by atoms with E-state index in [4.69, 9.17) is 4.74 Å². The van der Waals surface area contributed by atoms with Gasteiger partial charge in [-0.25, -0.2) is 4.79 Å². The van der Waals surface area contributed by atoms with Gasteiger partial charge in [0.2, 0.25) is 0 Å². The van der Waals surface area contributed by atoms with Gasteiger partial charge in [-0.15, -0.1) is 0 Å². The summed E-state index contributed by atoms with van der Waals surface area (Å²) in [6.45, 7) is 11.5. The highest BCUT2D eigenvalue weighted by Gasteiger charge is 2.31. The van der Waals surface area contributed by atoms with E-state index in [1.165, 1.54) is 5.56 Å². The Hall–Kier alpha value is -2.57. The van der Waals surface area contributed by atoms with Crippen molar-refractivity contribution in [3.05, 3.63) is 60.2 Å². The van der Waals surface area contributed by atoms with Crippen molar-refractivity contribution in [1.29, 1.82) is 0 Å². The molecule has 6 nitrogen and oxygen atoms in total. The van der Waals surface area contributed by atoms with Gasteiger partial charge in [-0.05, 0) is 44.9 Å². The number of rotatable bonds is 6. The molecular weight excluding hydrogens is 400 g/mol. The quantitative estimate of drug-likeness (QED) is 0.728. The van der Waals surface area contributed by atoms with Crippen LogP contribution in [-0.4, -0.2) is 66.8 Å². The zero-order valence-corrected chi connectivity index (χ0v) is 19.5. The molecule has 3 atom stereocenters. The first kappa shape index (κ1) is 22.6. The van der Waals surface area contributed by atoms with Crippen LogP contribution in [0.5, 0.6) is 0 Å². The smallest absolute Gasteiger partial charge is 0.322 e. The molecule has 2 aromatic carbocycles. The number of hydrogen-bond donors (Lipinski definition) is 1. The Balaban J connectivity index is 1.41. The number of para-hydroxylation sites is 2. The Labute approximate surface area is 192 Å². The second-order valence-corrected chi connectivity index (χ2v) is 9.06. The maximum Gasteiger partial charge on any atom is 0.322 e. The van der Waals surface area contributed by atoms with E-state index in [0.29, 0.717) is 6.54 Å². The molecule has 172 valence electrons. The van der Waals surface area contributed by atoms with Gasteiger partial charge in [-0.1, -0.05) is 42.5 Å². The van der Waals surface area contributed by atoms with Gasteiger partial charge in [-0.3, -0.25) is 4.90 Å². The van der Waals surface area contributed by atoms with Crippen molar-refractivity contribution in [3.63, 3.8) is 0 Å². The Morgan fingerprint density at radius 3 is 2.44 bits per heavy atom. The van der Waals surface area contributed by atoms with Crippen molar-refractivity contribution in [2.75, 3.05) is 42.9 Å². The van der Waals surface area contributed by atoms with Crippen LogP contribution in [0.3, 0.4) is 0 Å². The van der Waals surface area contributed by atoms with Crippen molar-refractivity contribution in [3.8, 4) is 0 Å². The van der Waals surface area contributed by atoms with Gasteiger partial charge in [0, 0.05) is 45.3 Å². The van der Waals surface area contributed by atoms with Crippen LogP contribution in [0.4, 0.5) is 16.2 Å². The summed E-state index contributed by atoms with van der Waals surface area (Å²) in [5, 5.41) is 3.22. The van der Waals surface area contributed by atoms with Crippen molar-refractivity contribution < 1.29 is 9.53 Å². The monoisotopic (exact) mass is 436 g/mol. The summed E-state index contributed by atoms with van der Waals surface area (Å²) in [5.41, 5.74) is 3.26. The van der Waals surface area contributed by atoms with Crippen molar-refractivity contribution in [2.45, 2.75) is 52.0 Å². The maximum absolute atomic E-state index is 13.3. The molecule has 2 heterocycles. The fraction of sp³-hybridized carbons (Fsp3) is 0.500. The van der Waals surface area contributed by atoms with E-state index < -0.39 is 0 Å². The molecule has 1 N–H and O–H groups in total. The van der Waals surface area contributed by atoms with E-state index in [2.05, 4.69) is 72.3 Å². The number of urea groups is 1. The first-order chi connectivity index (χ1) is 15.5. The van der Waals surface area contributed by atoms with Crippen LogP contribution >= 0.6 is 0 Å². The molecule has 0 aliphatic carbocycles. The van der Waals surface area contributed by atoms with E-state index in [0.717, 1.165) is 50.5 Å². The Morgan fingerprint density at radius 1 is 1.03 bits per heavy atom. The molecule has 2 aliphatic heterocycles. The minimum atomic E-state index is -0.0131. The number of carbonyl (C=O) groups excluding carboxylic acids is 1. The van der Waals surface area contributed by atoms with E-state index in [1.807, 2.05) is 23.1 Å². The van der Waals surface area contributed by atoms with Crippen molar-refractivity contribution >= 4 is 17.4 Å². The topological polar surface area (TPSA) is 48.1 Å². The van der Waals surface area contributed by atoms with E-state index in [1.54, 1.807) is 0 Å². The molecule has 6 heteroatoms. The third kappa shape index (κ3) is 5.43. The molecule has 4 rings (SSSR count). The average molecular weight is 437 g/mol. The lowest BCUT2D eigenvalue weighted by atomic mass is 10.1. The molecule has 3 unspecified atom stereocenters. The second-order valence-electron chi connectivity index (χ2n) is 9.06. The number of amides is 2. The van der Waals surface area contributed by atoms with Crippen LogP contribution in [0, 0.1) is 0 Å². The van der Waals surface area contributed by atoms with Gasteiger partial charge < -0.3 is 19.9 Å². The van der Waals surface area contributed by atoms with Crippen molar-refractivity contribution in [1.82, 2.24) is 9.80 Å². The molecule has 0 aromatic heterocycles. The first-order valence-corrected chi connectivity index (χ1v) is 11.9. The lowest BCUT2D eigenvalue weighted by Crippen LogP contribution is -2.46. The summed E-state index contributed by atoms with van der Waals surface area (Å²) in [6, 6.07) is 18.9. The minimum absolute atomic E-state index is 0.0131. The molecule has 2 aliphatic rings. The molecule has 0 radical (unpaired) electrons. The zero-order chi connectivity index (χ0) is 22.5. The van der Waals surface area contributed by atoms with Crippen molar-refractivity contribution in [2.24, 2.45) is 0 Å². The summed E-state index contributed by atoms with van der Waals surface area (Å²) < 4.78 is 5.89. The van der Waals surface area contributed by atoms with Crippen LogP contribution in [0.1, 0.15) is 32.8 Å². The van der Waals surface area contributed by atoms with Gasteiger partial charge in [0.05, 0.1) is 23.6 Å². The summed E-state index contributed by atoms with van der Waals surface area (Å²) in [5.74, 6) is 0. The molecule has 0 bridgehead atoms. The highest BCUT2D eigenvalue weighted by Crippen LogP contribution is 2.29. The number of ether oxygens (including phenoxy) is 1. The molecule has 0 spiro atoms. The van der Waals surface area contributed by atoms with E-state index in [9.17, 15) is 4.79 Å². The van der Waals surface area contributed by atoms with Gasteiger partial charge in [-0.2, -0.15) is 0 Å². The lowest BCUT2D eigenvalue weighted by Gasteiger charge is -2.38. The molecule has 2 saturated heterocycles. The zero-order valence-electron chi connectivity index (χ0n) is 19.5. The number of nitrogens with zero attached hydrogens (tertiary/aromatic N) is 3. The normalized spacial score (nSPS) is 23.8. The van der Waals surface area contributed by atoms with Gasteiger partial charge in [0.15, 0.2) is 0 Å². The second kappa shape index (κ2) is 10.4. The van der Waals surface area contributed by atoms with E-state index >= 15 is 0 Å². The van der Waals surface area contributed by atoms with Gasteiger partial charge >= 0.3 is 6.03 Å². The Morgan fingerprint density at radius 2 is 1.72 bits per heavy atom. The van der Waals surface area contributed by atoms with Crippen LogP contribution in [0.2, 0.25) is 0 Å². The third-order valence-electron chi connectivity index (χ3n) is 6.44. The summed E-state index contributed by atoms with van der Waals surface area (Å²) in [7, 11) is 0. The summed E-state index contributed by atoms with van der Waals surface area (Å²) in [6.07, 6.45) is 1.35. The van der Waals surface area contributed by atoms with Gasteiger partial charge in [0.25, 0.3) is 0 Å². The van der Waals surface area contributed by atoms with Crippen LogP contribution in [0.25, 0.3) is 0 Å². The number of hydrogen-bond acceptors (Lipinski definition) is 4. The standard InChI is InChI=1S/C26H36N4O2/c1-4-30(23-14-15-28(19-23)18-22-10-6-5-7-11-22)26(31)27-24-12-8-9-13-25(24)29-16-20(2)32-21(3)17-29/h5-13,20-21,23H,4,14-19H2,1-3H3,(H,27,31). The highest BCUT2D eigenvalue weighted by atomic mass is 16.5. The van der Waals surface area contributed by atoms with E-state index in [-0.39, 0.29) is 24.3 Å². The maximum atomic E-state index is 13.3. The predicted octanol–water partition coefficient (Wildman–Crippen LogP) is 4.43. The summed E-state index contributed by atoms with van der Waals surface area (Å²) >= 11 is 0. The minimum Gasteiger partial charge on any atom is -0.372 e. The fourth-order valence-corrected chi connectivity index (χ4v) is 5.04. The number of morpholine rings is 1. The molecule has 2 amide bonds. The number of nitrogens with one attached hydrogen (secondary N) is 1. The largest absolute Gasteiger partial charge is 0.372 e. The number of carbonyl (C=O) groups is 1. The SMILES string of the molecule is CCN(C(=O)Nc1ccccc1N1CC(C)OC(C)C1)C1CCN(Cc2ccccc2)C1. The average Bonchev–Trinajstić information content (AvgIpc) is 3.22. The summed E-state index contributed by atoms with van der Waals surface area (Å²) in [4.78, 5) is 20.1. The Kier molecular flexibility index (Phi) is 7.33. The lowest BCUT2D eigenvalue weighted by molar-refractivity contribution is -0.00517. The first-order valence-electron chi connectivity index (χ1n) is 11.9. The molecule has 2 fully saturated rings. The predicted molar refractivity (Wildman–Crippen MR) is 130 cm³/mol. The number of likely N-dealkylation sites (tertiary alicyclic amines) is 1. The van der Waals surface area contributed by atoms with Crippen LogP contribution in [0.15, 0.2) is 54.6 Å². The van der Waals surface area contributed by atoms with Crippen LogP contribution < -0.4 is 10.2 Å².